The molecule has 0 aliphatic carbocycles. The molecule has 1 heterocycles. The van der Waals surface area contributed by atoms with Crippen LogP contribution in [0.2, 0.25) is 0 Å². The molecule has 0 amide bonds. The van der Waals surface area contributed by atoms with Crippen LogP contribution < -0.4 is 4.57 Å². The van der Waals surface area contributed by atoms with Crippen LogP contribution in [0.15, 0.2) is 54.9 Å². The van der Waals surface area contributed by atoms with E-state index in [0.29, 0.717) is 0 Å². The monoisotopic (exact) mass is 297 g/mol. The van der Waals surface area contributed by atoms with Gasteiger partial charge in [-0.05, 0) is 55.0 Å². The Balaban J connectivity index is 2.04. The summed E-state index contributed by atoms with van der Waals surface area (Å²) in [5, 5.41) is 0. The molecule has 1 aromatic heterocycles. The Morgan fingerprint density at radius 2 is 1.64 bits per heavy atom. The highest BCUT2D eigenvalue weighted by molar-refractivity contribution is 5.62. The topological polar surface area (TPSA) is 16.8 Å². The van der Waals surface area contributed by atoms with E-state index in [1.807, 2.05) is 24.7 Å². The SMILES string of the molecule is Cc1cc(F)ccc1-c1cnc(-c2ccc(F)cc2)c[n+]1C. The fourth-order valence-electron chi connectivity index (χ4n) is 2.45. The van der Waals surface area contributed by atoms with Crippen LogP contribution in [0.25, 0.3) is 22.5 Å². The van der Waals surface area contributed by atoms with E-state index in [9.17, 15) is 8.78 Å². The van der Waals surface area contributed by atoms with Crippen LogP contribution in [0, 0.1) is 18.6 Å². The van der Waals surface area contributed by atoms with Crippen molar-refractivity contribution in [1.82, 2.24) is 4.98 Å². The Morgan fingerprint density at radius 1 is 0.955 bits per heavy atom. The van der Waals surface area contributed by atoms with Gasteiger partial charge in [0.2, 0.25) is 5.69 Å². The first-order valence-corrected chi connectivity index (χ1v) is 6.93. The van der Waals surface area contributed by atoms with E-state index in [4.69, 9.17) is 0 Å². The second kappa shape index (κ2) is 5.64. The molecule has 0 saturated heterocycles. The molecular weight excluding hydrogens is 282 g/mol. The summed E-state index contributed by atoms with van der Waals surface area (Å²) in [6, 6.07) is 10.9. The van der Waals surface area contributed by atoms with E-state index in [2.05, 4.69) is 4.98 Å². The average Bonchev–Trinajstić information content (AvgIpc) is 2.49. The van der Waals surface area contributed by atoms with Crippen molar-refractivity contribution < 1.29 is 13.3 Å². The molecule has 0 fully saturated rings. The van der Waals surface area contributed by atoms with Gasteiger partial charge < -0.3 is 0 Å². The quantitative estimate of drug-likeness (QED) is 0.657. The number of hydrogen-bond acceptors (Lipinski definition) is 1. The standard InChI is InChI=1S/C18H15F2N2/c1-12-9-15(20)7-8-16(12)18-10-21-17(11-22(18)2)13-3-5-14(19)6-4-13/h3-11H,1-2H3/q+1. The molecule has 0 saturated carbocycles. The third-order valence-corrected chi connectivity index (χ3v) is 3.63. The predicted octanol–water partition coefficient (Wildman–Crippen LogP) is 3.83. The highest BCUT2D eigenvalue weighted by Crippen LogP contribution is 2.22. The Kier molecular flexibility index (Phi) is 3.67. The van der Waals surface area contributed by atoms with E-state index < -0.39 is 0 Å². The van der Waals surface area contributed by atoms with Gasteiger partial charge >= 0.3 is 0 Å². The summed E-state index contributed by atoms with van der Waals surface area (Å²) < 4.78 is 28.2. The summed E-state index contributed by atoms with van der Waals surface area (Å²) in [7, 11) is 1.91. The fourth-order valence-corrected chi connectivity index (χ4v) is 2.45. The minimum Gasteiger partial charge on any atom is -0.243 e. The van der Waals surface area contributed by atoms with Gasteiger partial charge in [-0.3, -0.25) is 0 Å². The fraction of sp³-hybridized carbons (Fsp3) is 0.111. The largest absolute Gasteiger partial charge is 0.243 e. The highest BCUT2D eigenvalue weighted by Gasteiger charge is 2.15. The van der Waals surface area contributed by atoms with Gasteiger partial charge in [0.1, 0.15) is 30.6 Å². The summed E-state index contributed by atoms with van der Waals surface area (Å²) in [5.74, 6) is -0.522. The molecule has 0 N–H and O–H groups in total. The lowest BCUT2D eigenvalue weighted by Gasteiger charge is -2.06. The molecule has 0 atom stereocenters. The Labute approximate surface area is 127 Å². The van der Waals surface area contributed by atoms with Gasteiger partial charge in [-0.1, -0.05) is 0 Å². The van der Waals surface area contributed by atoms with Gasteiger partial charge in [0.15, 0.2) is 6.20 Å². The molecule has 0 aliphatic heterocycles. The molecule has 4 heteroatoms. The molecule has 3 aromatic rings. The molecule has 0 radical (unpaired) electrons. The maximum Gasteiger partial charge on any atom is 0.231 e. The number of aryl methyl sites for hydroxylation is 2. The third kappa shape index (κ3) is 2.72. The first-order valence-electron chi connectivity index (χ1n) is 6.93. The molecule has 0 unspecified atom stereocenters. The molecule has 110 valence electrons. The van der Waals surface area contributed by atoms with E-state index in [1.54, 1.807) is 24.4 Å². The van der Waals surface area contributed by atoms with Crippen LogP contribution in [-0.4, -0.2) is 4.98 Å². The van der Waals surface area contributed by atoms with Gasteiger partial charge in [0.05, 0.1) is 5.56 Å². The second-order valence-electron chi connectivity index (χ2n) is 5.23. The van der Waals surface area contributed by atoms with Crippen molar-refractivity contribution in [3.05, 3.63) is 72.1 Å². The van der Waals surface area contributed by atoms with E-state index in [1.165, 1.54) is 24.3 Å². The van der Waals surface area contributed by atoms with Crippen LogP contribution in [0.5, 0.6) is 0 Å². The maximum absolute atomic E-state index is 13.2. The third-order valence-electron chi connectivity index (χ3n) is 3.63. The lowest BCUT2D eigenvalue weighted by atomic mass is 10.1. The number of halogens is 2. The lowest BCUT2D eigenvalue weighted by molar-refractivity contribution is -0.660. The number of aromatic nitrogens is 2. The number of hydrogen-bond donors (Lipinski definition) is 0. The first-order chi connectivity index (χ1) is 10.5. The van der Waals surface area contributed by atoms with Crippen LogP contribution in [0.4, 0.5) is 8.78 Å². The molecule has 22 heavy (non-hydrogen) atoms. The van der Waals surface area contributed by atoms with Crippen molar-refractivity contribution in [3.63, 3.8) is 0 Å². The zero-order chi connectivity index (χ0) is 15.7. The van der Waals surface area contributed by atoms with Gasteiger partial charge in [0.25, 0.3) is 0 Å². The zero-order valence-electron chi connectivity index (χ0n) is 12.3. The van der Waals surface area contributed by atoms with Crippen LogP contribution in [-0.2, 0) is 7.05 Å². The van der Waals surface area contributed by atoms with Crippen molar-refractivity contribution in [2.24, 2.45) is 7.05 Å². The zero-order valence-corrected chi connectivity index (χ0v) is 12.3. The molecule has 2 aromatic carbocycles. The van der Waals surface area contributed by atoms with E-state index >= 15 is 0 Å². The van der Waals surface area contributed by atoms with Crippen LogP contribution >= 0.6 is 0 Å². The molecule has 0 spiro atoms. The average molecular weight is 297 g/mol. The van der Waals surface area contributed by atoms with Gasteiger partial charge in [-0.25, -0.2) is 13.8 Å². The first kappa shape index (κ1) is 14.3. The predicted molar refractivity (Wildman–Crippen MR) is 80.9 cm³/mol. The Hall–Kier alpha value is -2.62. The van der Waals surface area contributed by atoms with Gasteiger partial charge in [-0.15, -0.1) is 0 Å². The molecule has 0 aliphatic rings. The molecule has 2 nitrogen and oxygen atoms in total. The van der Waals surface area contributed by atoms with Crippen molar-refractivity contribution in [1.29, 1.82) is 0 Å². The molecule has 3 rings (SSSR count). The summed E-state index contributed by atoms with van der Waals surface area (Å²) in [4.78, 5) is 4.44. The van der Waals surface area contributed by atoms with Gasteiger partial charge in [-0.2, -0.15) is 4.57 Å². The van der Waals surface area contributed by atoms with E-state index in [-0.39, 0.29) is 11.6 Å². The minimum absolute atomic E-state index is 0.250. The van der Waals surface area contributed by atoms with Crippen molar-refractivity contribution in [2.45, 2.75) is 6.92 Å². The smallest absolute Gasteiger partial charge is 0.231 e. The van der Waals surface area contributed by atoms with Crippen molar-refractivity contribution in [2.75, 3.05) is 0 Å². The molecule has 0 bridgehead atoms. The van der Waals surface area contributed by atoms with Crippen LogP contribution in [0.1, 0.15) is 5.56 Å². The van der Waals surface area contributed by atoms with E-state index in [0.717, 1.165) is 28.1 Å². The molecular formula is C18H15F2N2+. The summed E-state index contributed by atoms with van der Waals surface area (Å²) in [6.45, 7) is 1.87. The van der Waals surface area contributed by atoms with Crippen molar-refractivity contribution >= 4 is 0 Å². The van der Waals surface area contributed by atoms with Gasteiger partial charge in [0, 0.05) is 5.56 Å². The maximum atomic E-state index is 13.2. The van der Waals surface area contributed by atoms with Crippen LogP contribution in [0.3, 0.4) is 0 Å². The minimum atomic E-state index is -0.272. The Morgan fingerprint density at radius 3 is 2.27 bits per heavy atom. The number of benzene rings is 2. The number of rotatable bonds is 2. The summed E-state index contributed by atoms with van der Waals surface area (Å²) in [6.07, 6.45) is 3.63. The number of nitrogens with zero attached hydrogens (tertiary/aromatic N) is 2. The normalized spacial score (nSPS) is 10.7. The summed E-state index contributed by atoms with van der Waals surface area (Å²) >= 11 is 0. The summed E-state index contributed by atoms with van der Waals surface area (Å²) in [5.41, 5.74) is 4.28. The highest BCUT2D eigenvalue weighted by atomic mass is 19.1. The lowest BCUT2D eigenvalue weighted by Crippen LogP contribution is -2.31. The Bertz CT molecular complexity index is 827. The second-order valence-corrected chi connectivity index (χ2v) is 5.23. The van der Waals surface area contributed by atoms with Crippen molar-refractivity contribution in [3.8, 4) is 22.5 Å².